The smallest absolute Gasteiger partial charge is 0.306 e. The quantitative estimate of drug-likeness (QED) is 0.381. The second-order valence-electron chi connectivity index (χ2n) is 8.08. The highest BCUT2D eigenvalue weighted by atomic mass is 35.5. The first-order chi connectivity index (χ1) is 15.9. The number of carbonyl (C=O) groups excluding carboxylic acids is 2. The van der Waals surface area contributed by atoms with Gasteiger partial charge in [0.25, 0.3) is 5.91 Å². The molecule has 0 unspecified atom stereocenters. The van der Waals surface area contributed by atoms with Gasteiger partial charge in [0.1, 0.15) is 11.5 Å². The number of ether oxygens (including phenoxy) is 2. The van der Waals surface area contributed by atoms with Gasteiger partial charge in [0.05, 0.1) is 24.7 Å². The fourth-order valence-electron chi connectivity index (χ4n) is 3.88. The van der Waals surface area contributed by atoms with Crippen LogP contribution in [0.1, 0.15) is 59.2 Å². The molecule has 33 heavy (non-hydrogen) atoms. The van der Waals surface area contributed by atoms with Crippen LogP contribution in [0.3, 0.4) is 0 Å². The van der Waals surface area contributed by atoms with E-state index >= 15 is 0 Å². The summed E-state index contributed by atoms with van der Waals surface area (Å²) in [5.74, 6) is -0.311. The summed E-state index contributed by atoms with van der Waals surface area (Å²) in [6.45, 7) is 0.371. The van der Waals surface area contributed by atoms with Crippen LogP contribution in [0, 0.1) is 5.92 Å². The summed E-state index contributed by atoms with van der Waals surface area (Å²) < 4.78 is 11.4. The fourth-order valence-corrected chi connectivity index (χ4v) is 4.01. The largest absolute Gasteiger partial charge is 0.496 e. The number of carbonyl (C=O) groups is 3. The first kappa shape index (κ1) is 24.6. The number of halogens is 1. The number of hydrogen-bond donors (Lipinski definition) is 2. The average molecular weight is 474 g/mol. The van der Waals surface area contributed by atoms with Crippen molar-refractivity contribution in [1.82, 2.24) is 5.32 Å². The Morgan fingerprint density at radius 1 is 1.06 bits per heavy atom. The molecule has 2 N–H and O–H groups in total. The van der Waals surface area contributed by atoms with Crippen molar-refractivity contribution in [2.45, 2.75) is 44.6 Å². The van der Waals surface area contributed by atoms with Crippen molar-refractivity contribution in [3.63, 3.8) is 0 Å². The summed E-state index contributed by atoms with van der Waals surface area (Å²) in [6, 6.07) is 11.7. The maximum absolute atomic E-state index is 12.7. The Morgan fingerprint density at radius 3 is 2.39 bits per heavy atom. The normalized spacial score (nSPS) is 17.8. The number of hydrogen-bond acceptors (Lipinski definition) is 5. The molecular formula is C25H28ClNO6. The van der Waals surface area contributed by atoms with Crippen molar-refractivity contribution in [3.05, 3.63) is 58.6 Å². The zero-order valence-electron chi connectivity index (χ0n) is 18.5. The van der Waals surface area contributed by atoms with E-state index in [9.17, 15) is 14.4 Å². The van der Waals surface area contributed by atoms with Gasteiger partial charge in [-0.1, -0.05) is 11.6 Å². The molecule has 176 valence electrons. The lowest BCUT2D eigenvalue weighted by Gasteiger charge is -2.27. The molecule has 1 aliphatic rings. The third-order valence-electron chi connectivity index (χ3n) is 5.77. The molecule has 2 aromatic carbocycles. The van der Waals surface area contributed by atoms with Crippen molar-refractivity contribution < 1.29 is 29.0 Å². The van der Waals surface area contributed by atoms with Crippen LogP contribution in [0.5, 0.6) is 11.5 Å². The highest BCUT2D eigenvalue weighted by Crippen LogP contribution is 2.31. The maximum Gasteiger partial charge on any atom is 0.306 e. The molecule has 2 aromatic rings. The summed E-state index contributed by atoms with van der Waals surface area (Å²) in [7, 11) is 1.50. The molecule has 1 aliphatic carbocycles. The molecular weight excluding hydrogens is 446 g/mol. The van der Waals surface area contributed by atoms with Gasteiger partial charge in [0, 0.05) is 29.6 Å². The number of benzene rings is 2. The highest BCUT2D eigenvalue weighted by molar-refractivity contribution is 6.30. The van der Waals surface area contributed by atoms with Gasteiger partial charge in [-0.2, -0.15) is 0 Å². The molecule has 1 amide bonds. The number of amides is 1. The van der Waals surface area contributed by atoms with E-state index < -0.39 is 5.97 Å². The van der Waals surface area contributed by atoms with Crippen LogP contribution in [0.2, 0.25) is 5.02 Å². The van der Waals surface area contributed by atoms with Crippen molar-refractivity contribution in [2.75, 3.05) is 13.7 Å². The Bertz CT molecular complexity index is 983. The maximum atomic E-state index is 12.7. The molecule has 0 spiro atoms. The Kier molecular flexibility index (Phi) is 8.72. The van der Waals surface area contributed by atoms with Gasteiger partial charge in [-0.3, -0.25) is 14.4 Å². The molecule has 0 bridgehead atoms. The number of rotatable bonds is 10. The van der Waals surface area contributed by atoms with Crippen LogP contribution in [0.25, 0.3) is 0 Å². The molecule has 0 heterocycles. The molecule has 1 fully saturated rings. The fraction of sp³-hybridized carbons (Fsp3) is 0.400. The zero-order valence-corrected chi connectivity index (χ0v) is 19.3. The number of nitrogens with one attached hydrogen (secondary N) is 1. The average Bonchev–Trinajstić information content (AvgIpc) is 2.82. The lowest BCUT2D eigenvalue weighted by Crippen LogP contribution is -2.27. The van der Waals surface area contributed by atoms with Crippen molar-refractivity contribution >= 4 is 29.3 Å². The second-order valence-corrected chi connectivity index (χ2v) is 8.52. The molecule has 0 radical (unpaired) electrons. The summed E-state index contributed by atoms with van der Waals surface area (Å²) >= 11 is 5.83. The molecule has 0 aromatic heterocycles. The van der Waals surface area contributed by atoms with E-state index in [-0.39, 0.29) is 30.1 Å². The Labute approximate surface area is 198 Å². The van der Waals surface area contributed by atoms with Crippen molar-refractivity contribution in [3.8, 4) is 11.5 Å². The predicted molar refractivity (Wildman–Crippen MR) is 124 cm³/mol. The van der Waals surface area contributed by atoms with Crippen LogP contribution in [0.4, 0.5) is 0 Å². The van der Waals surface area contributed by atoms with Gasteiger partial charge in [0.2, 0.25) is 0 Å². The number of Topliss-reactive ketones (excluding diaryl/α,β-unsaturated/α-hetero) is 1. The van der Waals surface area contributed by atoms with Crippen molar-refractivity contribution in [1.29, 1.82) is 0 Å². The molecule has 0 aliphatic heterocycles. The number of ketones is 1. The third kappa shape index (κ3) is 6.96. The molecule has 0 atom stereocenters. The minimum Gasteiger partial charge on any atom is -0.496 e. The topological polar surface area (TPSA) is 102 Å². The number of methoxy groups -OCH3 is 1. The SMILES string of the molecule is COc1cc(OC2CCC(C(=O)O)CC2)ccc1C(=O)CCCNC(=O)c1ccc(Cl)cc1. The first-order valence-corrected chi connectivity index (χ1v) is 11.4. The molecule has 7 nitrogen and oxygen atoms in total. The van der Waals surface area contributed by atoms with E-state index in [2.05, 4.69) is 5.32 Å². The second kappa shape index (κ2) is 11.7. The zero-order chi connectivity index (χ0) is 23.8. The van der Waals surface area contributed by atoms with Crippen LogP contribution in [0.15, 0.2) is 42.5 Å². The van der Waals surface area contributed by atoms with Crippen LogP contribution in [-0.4, -0.2) is 42.5 Å². The van der Waals surface area contributed by atoms with Crippen LogP contribution < -0.4 is 14.8 Å². The molecule has 3 rings (SSSR count). The highest BCUT2D eigenvalue weighted by Gasteiger charge is 2.27. The molecule has 0 saturated heterocycles. The minimum absolute atomic E-state index is 0.0453. The Morgan fingerprint density at radius 2 is 1.76 bits per heavy atom. The first-order valence-electron chi connectivity index (χ1n) is 11.0. The van der Waals surface area contributed by atoms with Crippen LogP contribution in [-0.2, 0) is 4.79 Å². The van der Waals surface area contributed by atoms with Crippen molar-refractivity contribution in [2.24, 2.45) is 5.92 Å². The third-order valence-corrected chi connectivity index (χ3v) is 6.02. The Hall–Kier alpha value is -3.06. The van der Waals surface area contributed by atoms with E-state index in [1.165, 1.54) is 7.11 Å². The lowest BCUT2D eigenvalue weighted by molar-refractivity contribution is -0.143. The van der Waals surface area contributed by atoms with Gasteiger partial charge in [-0.25, -0.2) is 0 Å². The Balaban J connectivity index is 1.48. The monoisotopic (exact) mass is 473 g/mol. The number of carboxylic acid groups (broad SMARTS) is 1. The van der Waals surface area contributed by atoms with E-state index in [1.54, 1.807) is 42.5 Å². The van der Waals surface area contributed by atoms with Gasteiger partial charge >= 0.3 is 5.97 Å². The summed E-state index contributed by atoms with van der Waals surface area (Å²) in [5.41, 5.74) is 0.975. The number of aliphatic carboxylic acids is 1. The molecule has 8 heteroatoms. The summed E-state index contributed by atoms with van der Waals surface area (Å²) in [6.07, 6.45) is 3.27. The van der Waals surface area contributed by atoms with E-state index in [0.717, 1.165) is 0 Å². The van der Waals surface area contributed by atoms with E-state index in [1.807, 2.05) is 0 Å². The lowest BCUT2D eigenvalue weighted by atomic mass is 9.87. The van der Waals surface area contributed by atoms with E-state index in [4.69, 9.17) is 26.2 Å². The van der Waals surface area contributed by atoms with Gasteiger partial charge in [-0.15, -0.1) is 0 Å². The van der Waals surface area contributed by atoms with Gasteiger partial charge < -0.3 is 19.9 Å². The summed E-state index contributed by atoms with van der Waals surface area (Å²) in [4.78, 5) is 35.9. The standard InChI is InChI=1S/C25H28ClNO6/c1-32-23-15-20(33-19-10-6-17(7-11-19)25(30)31)12-13-21(23)22(28)3-2-14-27-24(29)16-4-8-18(26)9-5-16/h4-5,8-9,12-13,15,17,19H,2-3,6-7,10-11,14H2,1H3,(H,27,29)(H,30,31). The number of carboxylic acids is 1. The van der Waals surface area contributed by atoms with Gasteiger partial charge in [0.15, 0.2) is 5.78 Å². The predicted octanol–water partition coefficient (Wildman–Crippen LogP) is 4.76. The molecule has 1 saturated carbocycles. The summed E-state index contributed by atoms with van der Waals surface area (Å²) in [5, 5.41) is 12.5. The van der Waals surface area contributed by atoms with Crippen LogP contribution >= 0.6 is 11.6 Å². The van der Waals surface area contributed by atoms with E-state index in [0.29, 0.717) is 66.3 Å². The minimum atomic E-state index is -0.748. The van der Waals surface area contributed by atoms with Gasteiger partial charge in [-0.05, 0) is 68.5 Å².